The number of methoxy groups -OCH3 is 1. The molecule has 5 aromatic rings. The molecule has 0 aliphatic carbocycles. The molecule has 0 spiro atoms. The van der Waals surface area contributed by atoms with Crippen molar-refractivity contribution in [2.45, 2.75) is 38.3 Å². The van der Waals surface area contributed by atoms with E-state index in [1.54, 1.807) is 30.6 Å². The van der Waals surface area contributed by atoms with Gasteiger partial charge in [0.05, 0.1) is 29.6 Å². The van der Waals surface area contributed by atoms with Gasteiger partial charge >= 0.3 is 0 Å². The van der Waals surface area contributed by atoms with Crippen molar-refractivity contribution in [3.05, 3.63) is 89.9 Å². The van der Waals surface area contributed by atoms with E-state index in [0.29, 0.717) is 44.1 Å². The molecule has 1 saturated heterocycles. The van der Waals surface area contributed by atoms with Crippen LogP contribution < -0.4 is 14.8 Å². The maximum Gasteiger partial charge on any atom is 0.255 e. The van der Waals surface area contributed by atoms with E-state index in [-0.39, 0.29) is 18.2 Å². The fraction of sp³-hybridized carbons (Fsp3) is 0.278. The highest BCUT2D eigenvalue weighted by Gasteiger charge is 2.39. The predicted octanol–water partition coefficient (Wildman–Crippen LogP) is 5.22. The number of carbonyl (C=O) groups excluding carboxylic acids is 3. The van der Waals surface area contributed by atoms with Crippen molar-refractivity contribution < 1.29 is 28.6 Å². The third-order valence-corrected chi connectivity index (χ3v) is 9.51. The summed E-state index contributed by atoms with van der Waals surface area (Å²) < 4.78 is 18.0. The minimum Gasteiger partial charge on any atom is -0.497 e. The number of rotatable bonds is 12. The largest absolute Gasteiger partial charge is 0.497 e. The van der Waals surface area contributed by atoms with E-state index in [2.05, 4.69) is 15.3 Å². The molecule has 12 heteroatoms. The Balaban J connectivity index is 0.829. The Kier molecular flexibility index (Phi) is 9.08. The molecule has 244 valence electrons. The van der Waals surface area contributed by atoms with Gasteiger partial charge in [0, 0.05) is 54.4 Å². The number of thiazole rings is 1. The summed E-state index contributed by atoms with van der Waals surface area (Å²) in [5.41, 5.74) is 6.06. The van der Waals surface area contributed by atoms with Crippen LogP contribution in [0.2, 0.25) is 0 Å². The second-order valence-corrected chi connectivity index (χ2v) is 12.6. The highest BCUT2D eigenvalue weighted by Crippen LogP contribution is 2.33. The maximum atomic E-state index is 12.9. The van der Waals surface area contributed by atoms with Crippen molar-refractivity contribution >= 4 is 39.3 Å². The average Bonchev–Trinajstić information content (AvgIpc) is 3.68. The van der Waals surface area contributed by atoms with Crippen molar-refractivity contribution in [3.8, 4) is 33.3 Å². The second kappa shape index (κ2) is 13.9. The Morgan fingerprint density at radius 3 is 2.56 bits per heavy atom. The van der Waals surface area contributed by atoms with Gasteiger partial charge in [0.15, 0.2) is 0 Å². The quantitative estimate of drug-likeness (QED) is 0.141. The number of hydrogen-bond donors (Lipinski definition) is 1. The molecule has 1 unspecified atom stereocenters. The number of piperidine rings is 1. The maximum absolute atomic E-state index is 12.9. The number of hydrogen-bond acceptors (Lipinski definition) is 10. The van der Waals surface area contributed by atoms with Crippen molar-refractivity contribution in [2.75, 3.05) is 26.9 Å². The molecule has 2 aromatic carbocycles. The van der Waals surface area contributed by atoms with Crippen LogP contribution in [0.5, 0.6) is 11.5 Å². The Morgan fingerprint density at radius 1 is 0.917 bits per heavy atom. The molecular formula is C36H33N5O6S. The van der Waals surface area contributed by atoms with Gasteiger partial charge in [-0.15, -0.1) is 11.3 Å². The number of ether oxygens (including phenoxy) is 3. The number of aromatic nitrogens is 3. The van der Waals surface area contributed by atoms with Crippen LogP contribution >= 0.6 is 11.3 Å². The van der Waals surface area contributed by atoms with Gasteiger partial charge in [-0.1, -0.05) is 0 Å². The number of nitrogens with zero attached hydrogens (tertiary/aromatic N) is 4. The lowest BCUT2D eigenvalue weighted by Crippen LogP contribution is -2.52. The second-order valence-electron chi connectivity index (χ2n) is 11.6. The Labute approximate surface area is 280 Å². The van der Waals surface area contributed by atoms with Crippen molar-refractivity contribution in [1.29, 1.82) is 0 Å². The van der Waals surface area contributed by atoms with Gasteiger partial charge < -0.3 is 19.1 Å². The van der Waals surface area contributed by atoms with Gasteiger partial charge in [-0.3, -0.25) is 29.7 Å². The van der Waals surface area contributed by atoms with Crippen LogP contribution in [0.15, 0.2) is 73.1 Å². The molecule has 0 saturated carbocycles. The summed E-state index contributed by atoms with van der Waals surface area (Å²) in [7, 11) is 1.66. The van der Waals surface area contributed by atoms with E-state index in [1.807, 2.05) is 60.9 Å². The smallest absolute Gasteiger partial charge is 0.255 e. The number of aryl methyl sites for hydroxylation is 1. The number of imide groups is 1. The zero-order valence-electron chi connectivity index (χ0n) is 26.3. The normalized spacial score (nSPS) is 15.9. The zero-order chi connectivity index (χ0) is 33.0. The molecule has 2 aliphatic rings. The molecule has 7 rings (SSSR count). The van der Waals surface area contributed by atoms with Crippen molar-refractivity contribution in [1.82, 2.24) is 25.2 Å². The van der Waals surface area contributed by atoms with E-state index in [4.69, 9.17) is 19.2 Å². The SMILES string of the molecule is COc1ccc2nc(-c3ccc(-c4ccc(CCCOCCOc5ccc6c(c5)CN(C5CCC(=O)NC5=O)C6=O)nc4)nc3)sc2c1. The van der Waals surface area contributed by atoms with Crippen LogP contribution in [0.1, 0.15) is 40.9 Å². The van der Waals surface area contributed by atoms with Crippen LogP contribution in [-0.2, 0) is 27.3 Å². The monoisotopic (exact) mass is 663 g/mol. The standard InChI is InChI=1S/C36H33N5O6S/c1-45-26-8-11-30-32(18-26)48-35(39-30)23-5-10-29(38-20-23)22-4-6-25(37-19-22)3-2-14-46-15-16-47-27-7-9-28-24(17-27)21-41(36(28)44)31-12-13-33(42)40-34(31)43/h4-11,17-20,31H,2-3,12-16,21H2,1H3,(H,40,42,43). The third-order valence-electron chi connectivity index (χ3n) is 8.44. The van der Waals surface area contributed by atoms with Crippen LogP contribution in [0, 0.1) is 0 Å². The number of benzene rings is 2. The van der Waals surface area contributed by atoms with E-state index in [9.17, 15) is 14.4 Å². The molecule has 0 bridgehead atoms. The number of nitrogens with one attached hydrogen (secondary N) is 1. The summed E-state index contributed by atoms with van der Waals surface area (Å²) in [4.78, 5) is 52.2. The topological polar surface area (TPSA) is 133 Å². The number of pyridine rings is 2. The first-order chi connectivity index (χ1) is 23.4. The Bertz CT molecular complexity index is 1980. The molecular weight excluding hydrogens is 630 g/mol. The molecule has 1 N–H and O–H groups in total. The fourth-order valence-corrected chi connectivity index (χ4v) is 6.87. The van der Waals surface area contributed by atoms with Gasteiger partial charge in [-0.05, 0) is 85.5 Å². The van der Waals surface area contributed by atoms with E-state index in [1.165, 1.54) is 4.90 Å². The highest BCUT2D eigenvalue weighted by molar-refractivity contribution is 7.21. The lowest BCUT2D eigenvalue weighted by atomic mass is 10.0. The molecule has 0 radical (unpaired) electrons. The van der Waals surface area contributed by atoms with Crippen LogP contribution in [-0.4, -0.2) is 70.5 Å². The van der Waals surface area contributed by atoms with Crippen LogP contribution in [0.3, 0.4) is 0 Å². The molecule has 3 amide bonds. The van der Waals surface area contributed by atoms with E-state index < -0.39 is 11.9 Å². The highest BCUT2D eigenvalue weighted by atomic mass is 32.1. The van der Waals surface area contributed by atoms with Gasteiger partial charge in [-0.2, -0.15) is 0 Å². The molecule has 48 heavy (non-hydrogen) atoms. The lowest BCUT2D eigenvalue weighted by Gasteiger charge is -2.29. The molecule has 1 atom stereocenters. The van der Waals surface area contributed by atoms with Crippen molar-refractivity contribution in [2.24, 2.45) is 0 Å². The van der Waals surface area contributed by atoms with E-state index >= 15 is 0 Å². The number of carbonyl (C=O) groups is 3. The number of amides is 3. The summed E-state index contributed by atoms with van der Waals surface area (Å²) in [6.07, 6.45) is 5.88. The minimum absolute atomic E-state index is 0.201. The molecule has 2 aliphatic heterocycles. The summed E-state index contributed by atoms with van der Waals surface area (Å²) >= 11 is 1.61. The van der Waals surface area contributed by atoms with Gasteiger partial charge in [0.25, 0.3) is 5.91 Å². The lowest BCUT2D eigenvalue weighted by molar-refractivity contribution is -0.136. The Morgan fingerprint density at radius 2 is 1.77 bits per heavy atom. The predicted molar refractivity (Wildman–Crippen MR) is 180 cm³/mol. The number of fused-ring (bicyclic) bond motifs is 2. The summed E-state index contributed by atoms with van der Waals surface area (Å²) in [6.45, 7) is 1.69. The zero-order valence-corrected chi connectivity index (χ0v) is 27.1. The first-order valence-electron chi connectivity index (χ1n) is 15.8. The minimum atomic E-state index is -0.634. The summed E-state index contributed by atoms with van der Waals surface area (Å²) in [5.74, 6) is 0.534. The summed E-state index contributed by atoms with van der Waals surface area (Å²) in [6, 6.07) is 18.7. The van der Waals surface area contributed by atoms with Crippen LogP contribution in [0.4, 0.5) is 0 Å². The first kappa shape index (κ1) is 31.4. The third kappa shape index (κ3) is 6.76. The van der Waals surface area contributed by atoms with Gasteiger partial charge in [0.2, 0.25) is 11.8 Å². The van der Waals surface area contributed by atoms with Crippen LogP contribution in [0.25, 0.3) is 32.0 Å². The fourth-order valence-electron chi connectivity index (χ4n) is 5.89. The summed E-state index contributed by atoms with van der Waals surface area (Å²) in [5, 5.41) is 3.24. The van der Waals surface area contributed by atoms with Gasteiger partial charge in [-0.25, -0.2) is 4.98 Å². The average molecular weight is 664 g/mol. The van der Waals surface area contributed by atoms with Crippen molar-refractivity contribution in [3.63, 3.8) is 0 Å². The molecule has 1 fully saturated rings. The Hall–Kier alpha value is -5.20. The van der Waals surface area contributed by atoms with E-state index in [0.717, 1.165) is 61.9 Å². The molecule has 3 aromatic heterocycles. The molecule has 5 heterocycles. The van der Waals surface area contributed by atoms with Gasteiger partial charge in [0.1, 0.15) is 29.2 Å². The first-order valence-corrected chi connectivity index (χ1v) is 16.6. The molecule has 11 nitrogen and oxygen atoms in total.